The molecule has 0 aliphatic heterocycles. The van der Waals surface area contributed by atoms with Gasteiger partial charge in [0, 0.05) is 6.07 Å². The van der Waals surface area contributed by atoms with Gasteiger partial charge in [0.05, 0.1) is 5.57 Å². The average molecular weight is 382 g/mol. The first-order chi connectivity index (χ1) is 12.6. The Kier molecular flexibility index (Phi) is 9.33. The highest BCUT2D eigenvalue weighted by atomic mass is 19.2. The zero-order valence-corrected chi connectivity index (χ0v) is 16.7. The summed E-state index contributed by atoms with van der Waals surface area (Å²) in [4.78, 5) is 12.1. The molecule has 0 saturated heterocycles. The minimum atomic E-state index is -1.13. The molecule has 0 aromatic heterocycles. The monoisotopic (exact) mass is 382 g/mol. The van der Waals surface area contributed by atoms with Crippen LogP contribution in [0.25, 0.3) is 0 Å². The number of rotatable bonds is 9. The first-order valence-corrected chi connectivity index (χ1v) is 9.39. The highest BCUT2D eigenvalue weighted by molar-refractivity contribution is 5.90. The number of esters is 1. The first kappa shape index (κ1) is 23.0. The van der Waals surface area contributed by atoms with Crippen LogP contribution in [-0.2, 0) is 4.79 Å². The largest absolute Gasteiger partial charge is 0.423 e. The molecule has 150 valence electrons. The Morgan fingerprint density at radius 1 is 1.15 bits per heavy atom. The molecule has 0 aliphatic rings. The van der Waals surface area contributed by atoms with E-state index in [2.05, 4.69) is 20.8 Å². The minimum Gasteiger partial charge on any atom is -0.423 e. The summed E-state index contributed by atoms with van der Waals surface area (Å²) in [5.74, 6) is -3.10. The van der Waals surface area contributed by atoms with Crippen molar-refractivity contribution in [3.8, 4) is 5.75 Å². The molecule has 1 rings (SSSR count). The van der Waals surface area contributed by atoms with Gasteiger partial charge in [-0.25, -0.2) is 18.0 Å². The average Bonchev–Trinajstić information content (AvgIpc) is 2.61. The van der Waals surface area contributed by atoms with Gasteiger partial charge in [0.1, 0.15) is 11.6 Å². The fraction of sp³-hybridized carbons (Fsp3) is 0.500. The lowest BCUT2D eigenvalue weighted by molar-refractivity contribution is -0.130. The maximum atomic E-state index is 14.5. The molecular formula is C22H29F3O2. The number of benzene rings is 1. The second-order valence-electron chi connectivity index (χ2n) is 7.24. The highest BCUT2D eigenvalue weighted by Gasteiger charge is 2.15. The van der Waals surface area contributed by atoms with Gasteiger partial charge in [-0.05, 0) is 49.8 Å². The van der Waals surface area contributed by atoms with E-state index in [0.717, 1.165) is 43.0 Å². The SMILES string of the molecule is CC/C(=C\C(F)=C(/C)C(=O)Oc1ccc(F)c(F)c1)C(C)CCCC(C)C. The zero-order valence-electron chi connectivity index (χ0n) is 16.7. The molecule has 0 saturated carbocycles. The molecule has 1 aromatic carbocycles. The van der Waals surface area contributed by atoms with Crippen LogP contribution in [0.2, 0.25) is 0 Å². The molecule has 0 amide bonds. The van der Waals surface area contributed by atoms with Crippen molar-refractivity contribution >= 4 is 5.97 Å². The van der Waals surface area contributed by atoms with E-state index < -0.39 is 23.4 Å². The summed E-state index contributed by atoms with van der Waals surface area (Å²) in [6.45, 7) is 9.66. The summed E-state index contributed by atoms with van der Waals surface area (Å²) in [6.07, 6.45) is 5.23. The van der Waals surface area contributed by atoms with Crippen LogP contribution in [0.15, 0.2) is 41.2 Å². The van der Waals surface area contributed by atoms with Gasteiger partial charge in [0.2, 0.25) is 0 Å². The lowest BCUT2D eigenvalue weighted by Crippen LogP contribution is -2.11. The third-order valence-corrected chi connectivity index (χ3v) is 4.54. The summed E-state index contributed by atoms with van der Waals surface area (Å²) < 4.78 is 45.5. The Bertz CT molecular complexity index is 706. The van der Waals surface area contributed by atoms with Crippen molar-refractivity contribution in [1.82, 2.24) is 0 Å². The Hall–Kier alpha value is -2.04. The number of hydrogen-bond acceptors (Lipinski definition) is 2. The molecule has 2 nitrogen and oxygen atoms in total. The summed E-state index contributed by atoms with van der Waals surface area (Å²) in [7, 11) is 0. The van der Waals surface area contributed by atoms with Crippen LogP contribution in [0, 0.1) is 23.5 Å². The molecule has 27 heavy (non-hydrogen) atoms. The zero-order chi connectivity index (χ0) is 20.6. The van der Waals surface area contributed by atoms with Crippen molar-refractivity contribution in [2.45, 2.75) is 60.3 Å². The van der Waals surface area contributed by atoms with Crippen molar-refractivity contribution in [3.05, 3.63) is 52.9 Å². The summed E-state index contributed by atoms with van der Waals surface area (Å²) in [5, 5.41) is 0. The van der Waals surface area contributed by atoms with E-state index in [1.54, 1.807) is 0 Å². The summed E-state index contributed by atoms with van der Waals surface area (Å²) >= 11 is 0. The number of carbonyl (C=O) groups excluding carboxylic acids is 1. The van der Waals surface area contributed by atoms with Gasteiger partial charge in [-0.1, -0.05) is 46.1 Å². The van der Waals surface area contributed by atoms with Crippen LogP contribution >= 0.6 is 0 Å². The van der Waals surface area contributed by atoms with E-state index in [1.165, 1.54) is 13.0 Å². The fourth-order valence-corrected chi connectivity index (χ4v) is 2.70. The maximum absolute atomic E-state index is 14.5. The van der Waals surface area contributed by atoms with Crippen LogP contribution in [0.4, 0.5) is 13.2 Å². The number of allylic oxidation sites excluding steroid dienone is 3. The van der Waals surface area contributed by atoms with Gasteiger partial charge >= 0.3 is 5.97 Å². The molecule has 0 spiro atoms. The molecule has 0 aliphatic carbocycles. The summed E-state index contributed by atoms with van der Waals surface area (Å²) in [6, 6.07) is 2.72. The van der Waals surface area contributed by atoms with E-state index in [1.807, 2.05) is 6.92 Å². The molecule has 1 unspecified atom stereocenters. The molecule has 5 heteroatoms. The van der Waals surface area contributed by atoms with Crippen LogP contribution in [0.1, 0.15) is 60.3 Å². The predicted molar refractivity (Wildman–Crippen MR) is 102 cm³/mol. The van der Waals surface area contributed by atoms with Crippen molar-refractivity contribution < 1.29 is 22.7 Å². The standard InChI is InChI=1S/C22H29F3O2/c1-6-17(15(4)9-7-8-14(2)3)12-20(24)16(5)22(26)27-18-10-11-19(23)21(25)13-18/h10-15H,6-9H2,1-5H3/b17-12+,20-16-. The van der Waals surface area contributed by atoms with Crippen LogP contribution in [0.5, 0.6) is 5.75 Å². The number of halogens is 3. The molecule has 0 radical (unpaired) electrons. The van der Waals surface area contributed by atoms with Gasteiger partial charge in [0.25, 0.3) is 0 Å². The Labute approximate surface area is 160 Å². The van der Waals surface area contributed by atoms with Crippen molar-refractivity contribution in [3.63, 3.8) is 0 Å². The maximum Gasteiger partial charge on any atom is 0.342 e. The Balaban J connectivity index is 2.85. The molecule has 0 fully saturated rings. The molecule has 0 N–H and O–H groups in total. The fourth-order valence-electron chi connectivity index (χ4n) is 2.70. The van der Waals surface area contributed by atoms with E-state index in [4.69, 9.17) is 4.74 Å². The topological polar surface area (TPSA) is 26.3 Å². The molecule has 0 bridgehead atoms. The van der Waals surface area contributed by atoms with Gasteiger partial charge < -0.3 is 4.74 Å². The quantitative estimate of drug-likeness (QED) is 0.201. The minimum absolute atomic E-state index is 0.173. The van der Waals surface area contributed by atoms with Gasteiger partial charge in [-0.3, -0.25) is 0 Å². The van der Waals surface area contributed by atoms with Crippen LogP contribution in [0.3, 0.4) is 0 Å². The van der Waals surface area contributed by atoms with Gasteiger partial charge in [-0.2, -0.15) is 0 Å². The van der Waals surface area contributed by atoms with E-state index >= 15 is 0 Å². The first-order valence-electron chi connectivity index (χ1n) is 9.39. The van der Waals surface area contributed by atoms with Gasteiger partial charge in [-0.15, -0.1) is 0 Å². The second kappa shape index (κ2) is 11.0. The second-order valence-corrected chi connectivity index (χ2v) is 7.24. The van der Waals surface area contributed by atoms with E-state index in [-0.39, 0.29) is 17.2 Å². The predicted octanol–water partition coefficient (Wildman–Crippen LogP) is 6.91. The Morgan fingerprint density at radius 2 is 1.81 bits per heavy atom. The number of ether oxygens (including phenoxy) is 1. The van der Waals surface area contributed by atoms with Crippen molar-refractivity contribution in [2.24, 2.45) is 11.8 Å². The number of hydrogen-bond donors (Lipinski definition) is 0. The number of carbonyl (C=O) groups is 1. The highest BCUT2D eigenvalue weighted by Crippen LogP contribution is 2.25. The van der Waals surface area contributed by atoms with Crippen molar-refractivity contribution in [1.29, 1.82) is 0 Å². The normalized spacial score (nSPS) is 14.2. The van der Waals surface area contributed by atoms with Gasteiger partial charge in [0.15, 0.2) is 11.6 Å². The lowest BCUT2D eigenvalue weighted by Gasteiger charge is -2.15. The van der Waals surface area contributed by atoms with E-state index in [0.29, 0.717) is 12.3 Å². The van der Waals surface area contributed by atoms with Crippen molar-refractivity contribution in [2.75, 3.05) is 0 Å². The Morgan fingerprint density at radius 3 is 2.37 bits per heavy atom. The van der Waals surface area contributed by atoms with E-state index in [9.17, 15) is 18.0 Å². The van der Waals surface area contributed by atoms with Crippen LogP contribution < -0.4 is 4.74 Å². The third-order valence-electron chi connectivity index (χ3n) is 4.54. The lowest BCUT2D eigenvalue weighted by atomic mass is 9.91. The molecule has 1 aromatic rings. The molecular weight excluding hydrogens is 353 g/mol. The van der Waals surface area contributed by atoms with Crippen LogP contribution in [-0.4, -0.2) is 5.97 Å². The third kappa shape index (κ3) is 7.61. The molecule has 1 atom stereocenters. The smallest absolute Gasteiger partial charge is 0.342 e. The summed E-state index contributed by atoms with van der Waals surface area (Å²) in [5.41, 5.74) is 0.719. The molecule has 0 heterocycles.